The number of carboxylic acids is 1. The van der Waals surface area contributed by atoms with Crippen LogP contribution in [0.3, 0.4) is 0 Å². The molecule has 3 nitrogen and oxygen atoms in total. The van der Waals surface area contributed by atoms with Crippen LogP contribution in [0.4, 0.5) is 26.3 Å². The predicted octanol–water partition coefficient (Wildman–Crippen LogP) is 4.30. The van der Waals surface area contributed by atoms with Crippen LogP contribution in [0.2, 0.25) is 5.02 Å². The van der Waals surface area contributed by atoms with Crippen molar-refractivity contribution in [3.8, 4) is 0 Å². The van der Waals surface area contributed by atoms with Crippen molar-refractivity contribution in [3.05, 3.63) is 28.8 Å². The number of benzene rings is 1. The summed E-state index contributed by atoms with van der Waals surface area (Å²) in [6, 6.07) is 3.51. The van der Waals surface area contributed by atoms with Crippen molar-refractivity contribution in [2.75, 3.05) is 18.8 Å². The fourth-order valence-electron chi connectivity index (χ4n) is 1.47. The van der Waals surface area contributed by atoms with Crippen LogP contribution in [-0.2, 0) is 11.0 Å². The molecule has 1 aromatic rings. The van der Waals surface area contributed by atoms with E-state index in [2.05, 4.69) is 5.32 Å². The van der Waals surface area contributed by atoms with Gasteiger partial charge in [0.15, 0.2) is 0 Å². The zero-order valence-corrected chi connectivity index (χ0v) is 13.4. The zero-order chi connectivity index (χ0) is 18.5. The number of rotatable bonds is 3. The highest BCUT2D eigenvalue weighted by Crippen LogP contribution is 2.35. The monoisotopic (exact) mass is 395 g/mol. The third kappa shape index (κ3) is 6.78. The number of halogens is 7. The van der Waals surface area contributed by atoms with E-state index in [4.69, 9.17) is 21.5 Å². The van der Waals surface area contributed by atoms with E-state index in [-0.39, 0.29) is 5.02 Å². The Hall–Kier alpha value is -1.13. The second-order valence-corrected chi connectivity index (χ2v) is 6.25. The normalized spacial score (nSPS) is 15.3. The number of alkyl halides is 6. The first-order chi connectivity index (χ1) is 10.9. The SMILES string of the molecule is FC(F)(F)c1ccc(SCC2CNC2)c(Cl)c1.O=C(O)C(F)(F)F. The Labute approximate surface area is 142 Å². The Morgan fingerprint density at radius 1 is 1.25 bits per heavy atom. The van der Waals surface area contributed by atoms with Gasteiger partial charge in [0.1, 0.15) is 0 Å². The number of hydrogen-bond donors (Lipinski definition) is 2. The smallest absolute Gasteiger partial charge is 0.475 e. The highest BCUT2D eigenvalue weighted by Gasteiger charge is 2.38. The highest BCUT2D eigenvalue weighted by atomic mass is 35.5. The van der Waals surface area contributed by atoms with Gasteiger partial charge in [0, 0.05) is 10.6 Å². The van der Waals surface area contributed by atoms with Crippen LogP contribution in [0.15, 0.2) is 23.1 Å². The summed E-state index contributed by atoms with van der Waals surface area (Å²) in [6.45, 7) is 1.95. The van der Waals surface area contributed by atoms with Crippen LogP contribution in [0.25, 0.3) is 0 Å². The summed E-state index contributed by atoms with van der Waals surface area (Å²) in [7, 11) is 0. The lowest BCUT2D eigenvalue weighted by atomic mass is 10.1. The summed E-state index contributed by atoms with van der Waals surface area (Å²) >= 11 is 7.35. The van der Waals surface area contributed by atoms with Crippen molar-refractivity contribution in [1.29, 1.82) is 0 Å². The molecule has 136 valence electrons. The van der Waals surface area contributed by atoms with E-state index < -0.39 is 23.9 Å². The summed E-state index contributed by atoms with van der Waals surface area (Å²) in [6.07, 6.45) is -9.41. The summed E-state index contributed by atoms with van der Waals surface area (Å²) in [5.74, 6) is -1.27. The maximum Gasteiger partial charge on any atom is 0.490 e. The first-order valence-electron chi connectivity index (χ1n) is 6.41. The predicted molar refractivity (Wildman–Crippen MR) is 77.2 cm³/mol. The van der Waals surface area contributed by atoms with Crippen molar-refractivity contribution >= 4 is 29.3 Å². The molecule has 0 bridgehead atoms. The molecule has 0 amide bonds. The van der Waals surface area contributed by atoms with E-state index in [0.29, 0.717) is 10.8 Å². The molecule has 11 heteroatoms. The van der Waals surface area contributed by atoms with Gasteiger partial charge in [-0.05, 0) is 37.2 Å². The number of carbonyl (C=O) groups is 1. The third-order valence-corrected chi connectivity index (χ3v) is 4.57. The van der Waals surface area contributed by atoms with E-state index >= 15 is 0 Å². The van der Waals surface area contributed by atoms with Crippen LogP contribution in [0.1, 0.15) is 5.56 Å². The third-order valence-electron chi connectivity index (χ3n) is 2.84. The standard InChI is InChI=1S/C11H11ClF3NS.C2HF3O2/c12-9-3-8(11(13,14)15)1-2-10(9)17-6-7-4-16-5-7;3-2(4,5)1(6)7/h1-3,7,16H,4-6H2;(H,6,7). The lowest BCUT2D eigenvalue weighted by Crippen LogP contribution is -2.43. The molecule has 1 aliphatic heterocycles. The molecule has 2 N–H and O–H groups in total. The zero-order valence-electron chi connectivity index (χ0n) is 11.8. The van der Waals surface area contributed by atoms with Crippen LogP contribution >= 0.6 is 23.4 Å². The van der Waals surface area contributed by atoms with E-state index in [0.717, 1.165) is 31.0 Å². The van der Waals surface area contributed by atoms with Gasteiger partial charge in [-0.2, -0.15) is 26.3 Å². The maximum absolute atomic E-state index is 12.4. The quantitative estimate of drug-likeness (QED) is 0.591. The molecule has 0 radical (unpaired) electrons. The van der Waals surface area contributed by atoms with E-state index in [1.165, 1.54) is 17.8 Å². The molecule has 1 aromatic carbocycles. The Balaban J connectivity index is 0.000000351. The van der Waals surface area contributed by atoms with Crippen molar-refractivity contribution in [3.63, 3.8) is 0 Å². The van der Waals surface area contributed by atoms with Crippen LogP contribution < -0.4 is 5.32 Å². The van der Waals surface area contributed by atoms with Crippen molar-refractivity contribution in [2.45, 2.75) is 17.2 Å². The van der Waals surface area contributed by atoms with Gasteiger partial charge >= 0.3 is 18.3 Å². The largest absolute Gasteiger partial charge is 0.490 e. The minimum Gasteiger partial charge on any atom is -0.475 e. The van der Waals surface area contributed by atoms with Gasteiger partial charge in [-0.25, -0.2) is 4.79 Å². The second-order valence-electron chi connectivity index (χ2n) is 4.78. The number of aliphatic carboxylic acids is 1. The molecule has 0 spiro atoms. The molecule has 0 aromatic heterocycles. The van der Waals surface area contributed by atoms with Crippen molar-refractivity contribution in [2.24, 2.45) is 5.92 Å². The van der Waals surface area contributed by atoms with E-state index in [1.54, 1.807) is 0 Å². The first kappa shape index (κ1) is 20.9. The van der Waals surface area contributed by atoms with Crippen molar-refractivity contribution < 1.29 is 36.2 Å². The van der Waals surface area contributed by atoms with Crippen LogP contribution in [0.5, 0.6) is 0 Å². The molecular weight excluding hydrogens is 384 g/mol. The summed E-state index contributed by atoms with van der Waals surface area (Å²) in [5, 5.41) is 10.4. The summed E-state index contributed by atoms with van der Waals surface area (Å²) in [4.78, 5) is 9.61. The highest BCUT2D eigenvalue weighted by molar-refractivity contribution is 7.99. The molecule has 0 saturated carbocycles. The molecule has 0 atom stereocenters. The van der Waals surface area contributed by atoms with Gasteiger partial charge in [-0.15, -0.1) is 11.8 Å². The van der Waals surface area contributed by atoms with Crippen LogP contribution in [-0.4, -0.2) is 36.1 Å². The lowest BCUT2D eigenvalue weighted by Gasteiger charge is -2.26. The molecular formula is C13H12ClF6NO2S. The molecule has 24 heavy (non-hydrogen) atoms. The number of nitrogens with one attached hydrogen (secondary N) is 1. The number of hydrogen-bond acceptors (Lipinski definition) is 3. The molecule has 1 saturated heterocycles. The van der Waals surface area contributed by atoms with Gasteiger partial charge < -0.3 is 10.4 Å². The second kappa shape index (κ2) is 8.30. The van der Waals surface area contributed by atoms with Gasteiger partial charge in [0.05, 0.1) is 10.6 Å². The van der Waals surface area contributed by atoms with E-state index in [9.17, 15) is 26.3 Å². The van der Waals surface area contributed by atoms with Gasteiger partial charge in [0.25, 0.3) is 0 Å². The van der Waals surface area contributed by atoms with Gasteiger partial charge in [-0.1, -0.05) is 11.6 Å². The lowest BCUT2D eigenvalue weighted by molar-refractivity contribution is -0.192. The first-order valence-corrected chi connectivity index (χ1v) is 7.78. The minimum absolute atomic E-state index is 0.178. The van der Waals surface area contributed by atoms with E-state index in [1.807, 2.05) is 0 Å². The number of carboxylic acid groups (broad SMARTS) is 1. The summed E-state index contributed by atoms with van der Waals surface area (Å²) in [5.41, 5.74) is -0.697. The van der Waals surface area contributed by atoms with Gasteiger partial charge in [-0.3, -0.25) is 0 Å². The molecule has 1 heterocycles. The minimum atomic E-state index is -5.08. The van der Waals surface area contributed by atoms with Crippen LogP contribution in [0, 0.1) is 5.92 Å². The fraction of sp³-hybridized carbons (Fsp3) is 0.462. The Bertz CT molecular complexity index is 575. The fourth-order valence-corrected chi connectivity index (χ4v) is 2.82. The molecule has 2 rings (SSSR count). The molecule has 0 aliphatic carbocycles. The topological polar surface area (TPSA) is 49.3 Å². The average molecular weight is 396 g/mol. The molecule has 1 aliphatic rings. The maximum atomic E-state index is 12.4. The average Bonchev–Trinajstić information content (AvgIpc) is 2.37. The Kier molecular flexibility index (Phi) is 7.24. The van der Waals surface area contributed by atoms with Gasteiger partial charge in [0.2, 0.25) is 0 Å². The van der Waals surface area contributed by atoms with Crippen molar-refractivity contribution in [1.82, 2.24) is 5.32 Å². The number of thioether (sulfide) groups is 1. The summed E-state index contributed by atoms with van der Waals surface area (Å²) < 4.78 is 68.9. The molecule has 1 fully saturated rings. The Morgan fingerprint density at radius 3 is 2.12 bits per heavy atom. The Morgan fingerprint density at radius 2 is 1.79 bits per heavy atom. The molecule has 0 unspecified atom stereocenters.